The lowest BCUT2D eigenvalue weighted by molar-refractivity contribution is 0.454. The molecular formula is C2HIN2OS. The zero-order valence-corrected chi connectivity index (χ0v) is 6.10. The molecule has 0 unspecified atom stereocenters. The molecule has 0 aliphatic heterocycles. The monoisotopic (exact) mass is 228 g/mol. The van der Waals surface area contributed by atoms with Crippen LogP contribution in [0.15, 0.2) is 0 Å². The van der Waals surface area contributed by atoms with E-state index in [2.05, 4.69) is 8.75 Å². The van der Waals surface area contributed by atoms with E-state index in [1.54, 1.807) is 0 Å². The van der Waals surface area contributed by atoms with Gasteiger partial charge in [0.1, 0.15) is 0 Å². The highest BCUT2D eigenvalue weighted by Crippen LogP contribution is 2.13. The van der Waals surface area contributed by atoms with E-state index in [-0.39, 0.29) is 5.88 Å². The third-order valence-corrected chi connectivity index (χ3v) is 2.00. The summed E-state index contributed by atoms with van der Waals surface area (Å²) in [6.45, 7) is 0. The molecule has 0 saturated carbocycles. The number of hydrogen-bond acceptors (Lipinski definition) is 4. The van der Waals surface area contributed by atoms with E-state index in [4.69, 9.17) is 5.11 Å². The van der Waals surface area contributed by atoms with Crippen LogP contribution in [0.25, 0.3) is 0 Å². The molecule has 3 nitrogen and oxygen atoms in total. The molecule has 0 bridgehead atoms. The van der Waals surface area contributed by atoms with Crippen LogP contribution in [-0.2, 0) is 0 Å². The summed E-state index contributed by atoms with van der Waals surface area (Å²) in [5.41, 5.74) is 0. The molecule has 1 aromatic heterocycles. The van der Waals surface area contributed by atoms with E-state index in [1.807, 2.05) is 22.6 Å². The van der Waals surface area contributed by atoms with E-state index in [0.717, 1.165) is 11.7 Å². The Hall–Kier alpha value is 0.0900. The molecule has 0 atom stereocenters. The fourth-order valence-corrected chi connectivity index (χ4v) is 1.08. The molecule has 1 heterocycles. The van der Waals surface area contributed by atoms with Crippen LogP contribution in [0, 0.1) is 3.70 Å². The normalized spacial score (nSPS) is 9.29. The molecule has 0 saturated heterocycles. The molecule has 0 aromatic carbocycles. The maximum atomic E-state index is 8.59. The van der Waals surface area contributed by atoms with Crippen molar-refractivity contribution in [1.29, 1.82) is 0 Å². The average molecular weight is 228 g/mol. The average Bonchev–Trinajstić information content (AvgIpc) is 1.91. The summed E-state index contributed by atoms with van der Waals surface area (Å²) in [5.74, 6) is 0.0330. The molecular weight excluding hydrogens is 227 g/mol. The molecule has 0 spiro atoms. The van der Waals surface area contributed by atoms with Crippen molar-refractivity contribution in [1.82, 2.24) is 8.75 Å². The van der Waals surface area contributed by atoms with Crippen LogP contribution in [0.2, 0.25) is 0 Å². The Kier molecular flexibility index (Phi) is 1.43. The van der Waals surface area contributed by atoms with Crippen molar-refractivity contribution in [2.75, 3.05) is 0 Å². The van der Waals surface area contributed by atoms with Crippen LogP contribution in [0.4, 0.5) is 0 Å². The van der Waals surface area contributed by atoms with Gasteiger partial charge in [-0.1, -0.05) is 0 Å². The standard InChI is InChI=1S/C2HIN2OS/c3-1-2(6)5-7-4-1/h(H,5,6). The van der Waals surface area contributed by atoms with Crippen LogP contribution < -0.4 is 0 Å². The lowest BCUT2D eigenvalue weighted by atomic mass is 10.9. The van der Waals surface area contributed by atoms with E-state index < -0.39 is 0 Å². The van der Waals surface area contributed by atoms with Gasteiger partial charge in [-0.3, -0.25) is 0 Å². The fraction of sp³-hybridized carbons (Fsp3) is 0. The minimum Gasteiger partial charge on any atom is -0.491 e. The van der Waals surface area contributed by atoms with Gasteiger partial charge in [0.05, 0.1) is 11.7 Å². The van der Waals surface area contributed by atoms with Gasteiger partial charge in [0, 0.05) is 0 Å². The predicted molar refractivity (Wildman–Crippen MR) is 34.3 cm³/mol. The topological polar surface area (TPSA) is 46.0 Å². The van der Waals surface area contributed by atoms with Crippen molar-refractivity contribution in [2.24, 2.45) is 0 Å². The Morgan fingerprint density at radius 3 is 2.43 bits per heavy atom. The van der Waals surface area contributed by atoms with Crippen LogP contribution in [0.3, 0.4) is 0 Å². The Morgan fingerprint density at radius 1 is 1.57 bits per heavy atom. The van der Waals surface area contributed by atoms with Gasteiger partial charge in [0.15, 0.2) is 3.70 Å². The van der Waals surface area contributed by atoms with Gasteiger partial charge in [-0.15, -0.1) is 4.37 Å². The highest BCUT2D eigenvalue weighted by atomic mass is 127. The smallest absolute Gasteiger partial charge is 0.257 e. The quantitative estimate of drug-likeness (QED) is 0.669. The molecule has 1 rings (SSSR count). The predicted octanol–water partition coefficient (Wildman–Crippen LogP) is 0.848. The molecule has 1 aromatic rings. The first-order valence-electron chi connectivity index (χ1n) is 1.47. The Balaban J connectivity index is 3.12. The van der Waals surface area contributed by atoms with Gasteiger partial charge in [-0.05, 0) is 22.6 Å². The van der Waals surface area contributed by atoms with E-state index in [9.17, 15) is 0 Å². The van der Waals surface area contributed by atoms with Crippen molar-refractivity contribution in [3.8, 4) is 5.88 Å². The van der Waals surface area contributed by atoms with E-state index in [0.29, 0.717) is 3.70 Å². The molecule has 38 valence electrons. The van der Waals surface area contributed by atoms with Crippen LogP contribution >= 0.6 is 34.3 Å². The summed E-state index contributed by atoms with van der Waals surface area (Å²) >= 11 is 2.92. The van der Waals surface area contributed by atoms with Gasteiger partial charge in [-0.25, -0.2) is 0 Å². The summed E-state index contributed by atoms with van der Waals surface area (Å²) in [7, 11) is 0. The van der Waals surface area contributed by atoms with Crippen molar-refractivity contribution in [3.05, 3.63) is 3.70 Å². The Morgan fingerprint density at radius 2 is 2.29 bits per heavy atom. The molecule has 0 aliphatic carbocycles. The number of aromatic hydroxyl groups is 1. The SMILES string of the molecule is Oc1nsnc1I. The minimum absolute atomic E-state index is 0.0330. The highest BCUT2D eigenvalue weighted by molar-refractivity contribution is 14.1. The van der Waals surface area contributed by atoms with Crippen molar-refractivity contribution in [2.45, 2.75) is 0 Å². The third kappa shape index (κ3) is 1.00. The van der Waals surface area contributed by atoms with Crippen molar-refractivity contribution < 1.29 is 5.11 Å². The van der Waals surface area contributed by atoms with Gasteiger partial charge >= 0.3 is 0 Å². The van der Waals surface area contributed by atoms with Gasteiger partial charge in [0.25, 0.3) is 5.88 Å². The largest absolute Gasteiger partial charge is 0.491 e. The molecule has 0 fully saturated rings. The molecule has 5 heteroatoms. The summed E-state index contributed by atoms with van der Waals surface area (Å²) in [5, 5.41) is 8.59. The third-order valence-electron chi connectivity index (χ3n) is 0.433. The maximum absolute atomic E-state index is 8.59. The first kappa shape index (κ1) is 5.23. The number of rotatable bonds is 0. The molecule has 7 heavy (non-hydrogen) atoms. The second kappa shape index (κ2) is 1.91. The fourth-order valence-electron chi connectivity index (χ4n) is 0.173. The van der Waals surface area contributed by atoms with E-state index >= 15 is 0 Å². The van der Waals surface area contributed by atoms with Crippen LogP contribution in [-0.4, -0.2) is 13.9 Å². The lowest BCUT2D eigenvalue weighted by Gasteiger charge is -1.72. The van der Waals surface area contributed by atoms with E-state index in [1.165, 1.54) is 0 Å². The summed E-state index contributed by atoms with van der Waals surface area (Å²) < 4.78 is 7.75. The second-order valence-electron chi connectivity index (χ2n) is 0.879. The molecule has 0 radical (unpaired) electrons. The van der Waals surface area contributed by atoms with Gasteiger partial charge in [-0.2, -0.15) is 4.37 Å². The van der Waals surface area contributed by atoms with Crippen LogP contribution in [0.1, 0.15) is 0 Å². The van der Waals surface area contributed by atoms with Crippen molar-refractivity contribution >= 4 is 34.3 Å². The second-order valence-corrected chi connectivity index (χ2v) is 2.43. The van der Waals surface area contributed by atoms with Crippen molar-refractivity contribution in [3.63, 3.8) is 0 Å². The molecule has 0 aliphatic rings. The zero-order valence-electron chi connectivity index (χ0n) is 3.13. The van der Waals surface area contributed by atoms with Crippen LogP contribution in [0.5, 0.6) is 5.88 Å². The minimum atomic E-state index is 0.0330. The summed E-state index contributed by atoms with van der Waals surface area (Å²) in [4.78, 5) is 0. The number of hydrogen-bond donors (Lipinski definition) is 1. The summed E-state index contributed by atoms with van der Waals surface area (Å²) in [6.07, 6.45) is 0. The zero-order chi connectivity index (χ0) is 5.28. The number of aromatic nitrogens is 2. The molecule has 1 N–H and O–H groups in total. The maximum Gasteiger partial charge on any atom is 0.257 e. The highest BCUT2D eigenvalue weighted by Gasteiger charge is 1.97. The summed E-state index contributed by atoms with van der Waals surface area (Å²) in [6, 6.07) is 0. The first-order valence-corrected chi connectivity index (χ1v) is 3.28. The van der Waals surface area contributed by atoms with Gasteiger partial charge < -0.3 is 5.11 Å². The Bertz CT molecular complexity index is 148. The lowest BCUT2D eigenvalue weighted by Crippen LogP contribution is -1.63. The first-order chi connectivity index (χ1) is 3.30. The Labute approximate surface area is 57.8 Å². The number of nitrogens with zero attached hydrogens (tertiary/aromatic N) is 2. The van der Waals surface area contributed by atoms with Gasteiger partial charge in [0.2, 0.25) is 0 Å². The molecule has 0 amide bonds. The number of halogens is 1.